The van der Waals surface area contributed by atoms with Gasteiger partial charge < -0.3 is 9.73 Å². The predicted molar refractivity (Wildman–Crippen MR) is 50.9 cm³/mol. The van der Waals surface area contributed by atoms with E-state index in [2.05, 4.69) is 10.3 Å². The van der Waals surface area contributed by atoms with Crippen molar-refractivity contribution in [1.82, 2.24) is 4.98 Å². The number of amides is 1. The van der Waals surface area contributed by atoms with Crippen LogP contribution in [0.1, 0.15) is 10.6 Å². The van der Waals surface area contributed by atoms with Gasteiger partial charge in [0, 0.05) is 6.20 Å². The molecule has 0 aliphatic heterocycles. The number of carbonyl (C=O) groups is 1. The average molecular weight is 188 g/mol. The van der Waals surface area contributed by atoms with Gasteiger partial charge in [-0.1, -0.05) is 6.07 Å². The van der Waals surface area contributed by atoms with E-state index >= 15 is 0 Å². The van der Waals surface area contributed by atoms with Crippen LogP contribution in [0.3, 0.4) is 0 Å². The minimum atomic E-state index is -0.297. The summed E-state index contributed by atoms with van der Waals surface area (Å²) in [5.74, 6) is 0.484. The molecule has 0 aliphatic carbocycles. The summed E-state index contributed by atoms with van der Waals surface area (Å²) in [5.41, 5.74) is 0. The largest absolute Gasteiger partial charge is 0.459 e. The van der Waals surface area contributed by atoms with Crippen molar-refractivity contribution in [2.45, 2.75) is 0 Å². The van der Waals surface area contributed by atoms with Crippen LogP contribution in [-0.2, 0) is 0 Å². The maximum atomic E-state index is 11.4. The third-order valence-corrected chi connectivity index (χ3v) is 1.65. The number of furan rings is 1. The highest BCUT2D eigenvalue weighted by atomic mass is 16.3. The molecule has 4 nitrogen and oxygen atoms in total. The second kappa shape index (κ2) is 3.74. The number of hydrogen-bond acceptors (Lipinski definition) is 3. The lowest BCUT2D eigenvalue weighted by Gasteiger charge is -2.00. The molecule has 0 radical (unpaired) electrons. The fourth-order valence-corrected chi connectivity index (χ4v) is 1.02. The van der Waals surface area contributed by atoms with Crippen molar-refractivity contribution < 1.29 is 9.21 Å². The molecule has 14 heavy (non-hydrogen) atoms. The van der Waals surface area contributed by atoms with Gasteiger partial charge in [0.15, 0.2) is 5.76 Å². The quantitative estimate of drug-likeness (QED) is 0.783. The van der Waals surface area contributed by atoms with E-state index in [1.165, 1.54) is 6.26 Å². The number of pyridine rings is 1. The van der Waals surface area contributed by atoms with Gasteiger partial charge in [-0.3, -0.25) is 4.79 Å². The highest BCUT2D eigenvalue weighted by Crippen LogP contribution is 2.05. The van der Waals surface area contributed by atoms with Gasteiger partial charge in [-0.25, -0.2) is 4.98 Å². The number of nitrogens with one attached hydrogen (secondary N) is 1. The number of anilines is 1. The van der Waals surface area contributed by atoms with Crippen LogP contribution >= 0.6 is 0 Å². The minimum Gasteiger partial charge on any atom is -0.459 e. The first-order chi connectivity index (χ1) is 6.86. The summed E-state index contributed by atoms with van der Waals surface area (Å²) in [6.07, 6.45) is 3.06. The third kappa shape index (κ3) is 1.80. The molecule has 0 aromatic carbocycles. The van der Waals surface area contributed by atoms with Gasteiger partial charge in [0.1, 0.15) is 5.82 Å². The van der Waals surface area contributed by atoms with Gasteiger partial charge in [0.2, 0.25) is 0 Å². The lowest BCUT2D eigenvalue weighted by atomic mass is 10.4. The summed E-state index contributed by atoms with van der Waals surface area (Å²) in [6.45, 7) is 0. The Balaban J connectivity index is 2.10. The molecule has 0 spiro atoms. The predicted octanol–water partition coefficient (Wildman–Crippen LogP) is 1.93. The number of hydrogen-bond donors (Lipinski definition) is 1. The highest BCUT2D eigenvalue weighted by molar-refractivity contribution is 6.01. The molecule has 0 saturated heterocycles. The van der Waals surface area contributed by atoms with Gasteiger partial charge in [-0.15, -0.1) is 0 Å². The Hall–Kier alpha value is -2.10. The minimum absolute atomic E-state index is 0.274. The Morgan fingerprint density at radius 1 is 1.29 bits per heavy atom. The van der Waals surface area contributed by atoms with E-state index in [0.717, 1.165) is 0 Å². The fraction of sp³-hybridized carbons (Fsp3) is 0. The van der Waals surface area contributed by atoms with Crippen molar-refractivity contribution in [1.29, 1.82) is 0 Å². The third-order valence-electron chi connectivity index (χ3n) is 1.65. The monoisotopic (exact) mass is 188 g/mol. The van der Waals surface area contributed by atoms with E-state index < -0.39 is 0 Å². The molecule has 2 rings (SSSR count). The fourth-order valence-electron chi connectivity index (χ4n) is 1.02. The van der Waals surface area contributed by atoms with Crippen molar-refractivity contribution in [2.24, 2.45) is 0 Å². The van der Waals surface area contributed by atoms with E-state index in [4.69, 9.17) is 4.42 Å². The summed E-state index contributed by atoms with van der Waals surface area (Å²) >= 11 is 0. The Bertz CT molecular complexity index is 409. The van der Waals surface area contributed by atoms with Crippen LogP contribution in [0.5, 0.6) is 0 Å². The summed E-state index contributed by atoms with van der Waals surface area (Å²) in [4.78, 5) is 15.4. The molecular formula is C10H8N2O2. The Morgan fingerprint density at radius 2 is 2.21 bits per heavy atom. The number of rotatable bonds is 2. The molecule has 1 N–H and O–H groups in total. The molecule has 2 aromatic rings. The summed E-state index contributed by atoms with van der Waals surface area (Å²) in [6, 6.07) is 8.54. The summed E-state index contributed by atoms with van der Waals surface area (Å²) in [7, 11) is 0. The molecule has 70 valence electrons. The molecule has 2 heterocycles. The van der Waals surface area contributed by atoms with E-state index in [1.54, 1.807) is 36.5 Å². The molecular weight excluding hydrogens is 180 g/mol. The van der Waals surface area contributed by atoms with E-state index in [1.807, 2.05) is 0 Å². The smallest absolute Gasteiger partial charge is 0.292 e. The van der Waals surface area contributed by atoms with Crippen molar-refractivity contribution in [3.8, 4) is 0 Å². The van der Waals surface area contributed by atoms with Gasteiger partial charge in [-0.05, 0) is 24.3 Å². The zero-order valence-corrected chi connectivity index (χ0v) is 7.31. The number of nitrogens with zero attached hydrogens (tertiary/aromatic N) is 1. The van der Waals surface area contributed by atoms with Crippen LogP contribution in [-0.4, -0.2) is 10.9 Å². The Labute approximate surface area is 80.6 Å². The highest BCUT2D eigenvalue weighted by Gasteiger charge is 2.08. The van der Waals surface area contributed by atoms with Gasteiger partial charge in [-0.2, -0.15) is 0 Å². The van der Waals surface area contributed by atoms with E-state index in [0.29, 0.717) is 5.82 Å². The molecule has 0 atom stereocenters. The first-order valence-electron chi connectivity index (χ1n) is 4.12. The van der Waals surface area contributed by atoms with Crippen LogP contribution < -0.4 is 5.32 Å². The van der Waals surface area contributed by atoms with Crippen LogP contribution in [0.4, 0.5) is 5.82 Å². The van der Waals surface area contributed by atoms with E-state index in [9.17, 15) is 4.79 Å². The molecule has 0 saturated carbocycles. The van der Waals surface area contributed by atoms with Gasteiger partial charge >= 0.3 is 0 Å². The summed E-state index contributed by atoms with van der Waals surface area (Å²) < 4.78 is 4.93. The molecule has 2 aromatic heterocycles. The van der Waals surface area contributed by atoms with E-state index in [-0.39, 0.29) is 11.7 Å². The van der Waals surface area contributed by atoms with Crippen molar-refractivity contribution in [2.75, 3.05) is 5.32 Å². The zero-order chi connectivity index (χ0) is 9.80. The zero-order valence-electron chi connectivity index (χ0n) is 7.31. The summed E-state index contributed by atoms with van der Waals surface area (Å²) in [5, 5.41) is 2.60. The number of aromatic nitrogens is 1. The Kier molecular flexibility index (Phi) is 2.27. The molecule has 1 amide bonds. The van der Waals surface area contributed by atoms with Crippen molar-refractivity contribution >= 4 is 11.7 Å². The van der Waals surface area contributed by atoms with Crippen LogP contribution in [0.2, 0.25) is 0 Å². The molecule has 4 heteroatoms. The van der Waals surface area contributed by atoms with Crippen LogP contribution in [0.15, 0.2) is 47.2 Å². The second-order valence-electron chi connectivity index (χ2n) is 2.65. The standard InChI is InChI=1S/C10H8N2O2/c13-10(8-4-3-7-14-8)12-9-5-1-2-6-11-9/h1-7H,(H,11,12,13). The molecule has 0 unspecified atom stereocenters. The number of carbonyl (C=O) groups excluding carboxylic acids is 1. The lowest BCUT2D eigenvalue weighted by molar-refractivity contribution is 0.0996. The topological polar surface area (TPSA) is 55.1 Å². The van der Waals surface area contributed by atoms with Crippen molar-refractivity contribution in [3.05, 3.63) is 48.6 Å². The normalized spacial score (nSPS) is 9.71. The first kappa shape index (κ1) is 8.50. The second-order valence-corrected chi connectivity index (χ2v) is 2.65. The molecule has 0 bridgehead atoms. The SMILES string of the molecule is O=C(Nc1ccccn1)c1ccco1. The van der Waals surface area contributed by atoms with Gasteiger partial charge in [0.05, 0.1) is 6.26 Å². The maximum absolute atomic E-state index is 11.4. The lowest BCUT2D eigenvalue weighted by Crippen LogP contribution is -2.11. The van der Waals surface area contributed by atoms with Crippen molar-refractivity contribution in [3.63, 3.8) is 0 Å². The van der Waals surface area contributed by atoms with Crippen LogP contribution in [0, 0.1) is 0 Å². The average Bonchev–Trinajstić information content (AvgIpc) is 2.72. The van der Waals surface area contributed by atoms with Crippen LogP contribution in [0.25, 0.3) is 0 Å². The first-order valence-corrected chi connectivity index (χ1v) is 4.12. The Morgan fingerprint density at radius 3 is 2.86 bits per heavy atom. The molecule has 0 aliphatic rings. The van der Waals surface area contributed by atoms with Gasteiger partial charge in [0.25, 0.3) is 5.91 Å². The molecule has 0 fully saturated rings. The maximum Gasteiger partial charge on any atom is 0.292 e.